The standard InChI is InChI=1S/C74H51N/c1-6-22-52(23-7-1)53-38-40-55(41-39-53)63-32-18-21-37-72(63)75(62-47-48-66-64-33-16-19-35-68(64)74(71(66)51-62,59-28-12-4-13-29-59)60-30-14-5-15-31-60)61-45-42-54(43-46-61)56-44-49-70-67(50-56)65-34-17-20-36-69(65)73(70,57-24-8-2-9-25-57)58-26-10-3-11-27-58/h1-51H. The van der Waals surface area contributed by atoms with Gasteiger partial charge in [-0.3, -0.25) is 0 Å². The fourth-order valence-electron chi connectivity index (χ4n) is 12.8. The minimum atomic E-state index is -0.544. The molecule has 0 spiro atoms. The maximum atomic E-state index is 2.47. The molecule has 12 aromatic rings. The van der Waals surface area contributed by atoms with Crippen molar-refractivity contribution < 1.29 is 0 Å². The number of hydrogen-bond acceptors (Lipinski definition) is 1. The van der Waals surface area contributed by atoms with Crippen molar-refractivity contribution in [1.82, 2.24) is 0 Å². The van der Waals surface area contributed by atoms with E-state index in [0.717, 1.165) is 33.8 Å². The second-order valence-electron chi connectivity index (χ2n) is 19.9. The van der Waals surface area contributed by atoms with E-state index in [4.69, 9.17) is 0 Å². The van der Waals surface area contributed by atoms with Crippen molar-refractivity contribution in [3.05, 3.63) is 354 Å². The molecule has 352 valence electrons. The van der Waals surface area contributed by atoms with Crippen LogP contribution in [0.15, 0.2) is 309 Å². The third-order valence-electron chi connectivity index (χ3n) is 16.1. The summed E-state index contributed by atoms with van der Waals surface area (Å²) >= 11 is 0. The predicted molar refractivity (Wildman–Crippen MR) is 312 cm³/mol. The fourth-order valence-corrected chi connectivity index (χ4v) is 12.8. The Balaban J connectivity index is 0.939. The van der Waals surface area contributed by atoms with Crippen LogP contribution in [-0.2, 0) is 10.8 Å². The van der Waals surface area contributed by atoms with Gasteiger partial charge in [-0.05, 0) is 131 Å². The molecule has 75 heavy (non-hydrogen) atoms. The minimum absolute atomic E-state index is 0.442. The molecule has 14 rings (SSSR count). The molecule has 0 N–H and O–H groups in total. The third-order valence-corrected chi connectivity index (χ3v) is 16.1. The zero-order valence-electron chi connectivity index (χ0n) is 41.4. The number of anilines is 3. The lowest BCUT2D eigenvalue weighted by Gasteiger charge is -2.35. The van der Waals surface area contributed by atoms with Crippen LogP contribution in [0.1, 0.15) is 44.5 Å². The van der Waals surface area contributed by atoms with Crippen molar-refractivity contribution >= 4 is 17.1 Å². The minimum Gasteiger partial charge on any atom is -0.310 e. The van der Waals surface area contributed by atoms with Crippen LogP contribution in [0.2, 0.25) is 0 Å². The van der Waals surface area contributed by atoms with E-state index >= 15 is 0 Å². The first-order valence-corrected chi connectivity index (χ1v) is 26.1. The fraction of sp³-hybridized carbons (Fsp3) is 0.0270. The Morgan fingerprint density at radius 1 is 0.200 bits per heavy atom. The summed E-state index contributed by atoms with van der Waals surface area (Å²) in [7, 11) is 0. The molecule has 0 fully saturated rings. The predicted octanol–water partition coefficient (Wildman–Crippen LogP) is 18.9. The first-order chi connectivity index (χ1) is 37.2. The molecule has 0 radical (unpaired) electrons. The highest BCUT2D eigenvalue weighted by molar-refractivity contribution is 5.94. The van der Waals surface area contributed by atoms with Gasteiger partial charge in [-0.2, -0.15) is 0 Å². The molecule has 2 aliphatic carbocycles. The Hall–Kier alpha value is -9.56. The highest BCUT2D eigenvalue weighted by Crippen LogP contribution is 2.59. The van der Waals surface area contributed by atoms with E-state index < -0.39 is 10.8 Å². The van der Waals surface area contributed by atoms with Crippen molar-refractivity contribution in [2.75, 3.05) is 4.90 Å². The van der Waals surface area contributed by atoms with E-state index in [1.807, 2.05) is 0 Å². The SMILES string of the molecule is c1ccc(-c2ccc(-c3ccccc3N(c3ccc(-c4ccc5c(c4)-c4ccccc4C5(c4ccccc4)c4ccccc4)cc3)c3ccc4c(c3)C(c3ccccc3)(c3ccccc3)c3ccccc3-4)cc2)cc1. The number of rotatable bonds is 10. The molecule has 0 heterocycles. The number of para-hydroxylation sites is 1. The van der Waals surface area contributed by atoms with E-state index in [0.29, 0.717) is 0 Å². The van der Waals surface area contributed by atoms with Gasteiger partial charge >= 0.3 is 0 Å². The van der Waals surface area contributed by atoms with Crippen molar-refractivity contribution in [3.8, 4) is 55.6 Å². The Kier molecular flexibility index (Phi) is 10.7. The van der Waals surface area contributed by atoms with Crippen LogP contribution in [0.5, 0.6) is 0 Å². The second kappa shape index (κ2) is 18.2. The van der Waals surface area contributed by atoms with Gasteiger partial charge in [0.2, 0.25) is 0 Å². The molecule has 1 nitrogen and oxygen atoms in total. The van der Waals surface area contributed by atoms with E-state index in [9.17, 15) is 0 Å². The zero-order valence-corrected chi connectivity index (χ0v) is 41.4. The lowest BCUT2D eigenvalue weighted by molar-refractivity contribution is 0.768. The highest BCUT2D eigenvalue weighted by atomic mass is 15.1. The Morgan fingerprint density at radius 2 is 0.560 bits per heavy atom. The van der Waals surface area contributed by atoms with Gasteiger partial charge < -0.3 is 4.90 Å². The molecule has 0 bridgehead atoms. The Morgan fingerprint density at radius 3 is 1.12 bits per heavy atom. The molecule has 0 amide bonds. The van der Waals surface area contributed by atoms with Gasteiger partial charge in [0.15, 0.2) is 0 Å². The lowest BCUT2D eigenvalue weighted by atomic mass is 9.67. The summed E-state index contributed by atoms with van der Waals surface area (Å²) in [4.78, 5) is 2.47. The maximum Gasteiger partial charge on any atom is 0.0714 e. The summed E-state index contributed by atoms with van der Waals surface area (Å²) in [5.74, 6) is 0. The van der Waals surface area contributed by atoms with E-state index in [1.165, 1.54) is 83.5 Å². The zero-order chi connectivity index (χ0) is 49.8. The average molecular weight is 954 g/mol. The summed E-state index contributed by atoms with van der Waals surface area (Å²) in [6.07, 6.45) is 0. The van der Waals surface area contributed by atoms with Crippen molar-refractivity contribution in [3.63, 3.8) is 0 Å². The number of benzene rings is 12. The van der Waals surface area contributed by atoms with Crippen LogP contribution in [-0.4, -0.2) is 0 Å². The van der Waals surface area contributed by atoms with E-state index in [-0.39, 0.29) is 0 Å². The van der Waals surface area contributed by atoms with Gasteiger partial charge in [0, 0.05) is 16.9 Å². The first kappa shape index (κ1) is 44.2. The number of hydrogen-bond donors (Lipinski definition) is 0. The topological polar surface area (TPSA) is 3.24 Å². The second-order valence-corrected chi connectivity index (χ2v) is 19.9. The van der Waals surface area contributed by atoms with Crippen molar-refractivity contribution in [2.45, 2.75) is 10.8 Å². The molecule has 12 aromatic carbocycles. The number of nitrogens with zero attached hydrogens (tertiary/aromatic N) is 1. The highest BCUT2D eigenvalue weighted by Gasteiger charge is 2.47. The van der Waals surface area contributed by atoms with Gasteiger partial charge in [-0.25, -0.2) is 0 Å². The molecule has 0 saturated carbocycles. The van der Waals surface area contributed by atoms with Crippen LogP contribution in [0.4, 0.5) is 17.1 Å². The van der Waals surface area contributed by atoms with Gasteiger partial charge in [0.05, 0.1) is 16.5 Å². The molecule has 2 aliphatic rings. The summed E-state index contributed by atoms with van der Waals surface area (Å²) in [5.41, 5.74) is 24.6. The molecule has 0 unspecified atom stereocenters. The monoisotopic (exact) mass is 953 g/mol. The van der Waals surface area contributed by atoms with Crippen molar-refractivity contribution in [1.29, 1.82) is 0 Å². The molecular weight excluding hydrogens is 903 g/mol. The van der Waals surface area contributed by atoms with Gasteiger partial charge in [0.25, 0.3) is 0 Å². The summed E-state index contributed by atoms with van der Waals surface area (Å²) in [6, 6.07) is 114. The van der Waals surface area contributed by atoms with Crippen LogP contribution >= 0.6 is 0 Å². The average Bonchev–Trinajstić information content (AvgIpc) is 4.05. The van der Waals surface area contributed by atoms with Crippen molar-refractivity contribution in [2.24, 2.45) is 0 Å². The Labute approximate surface area is 440 Å². The third kappa shape index (κ3) is 7.00. The normalized spacial score (nSPS) is 13.3. The number of fused-ring (bicyclic) bond motifs is 6. The van der Waals surface area contributed by atoms with Crippen LogP contribution < -0.4 is 4.90 Å². The van der Waals surface area contributed by atoms with E-state index in [1.54, 1.807) is 0 Å². The molecule has 0 aromatic heterocycles. The molecular formula is C74H51N. The van der Waals surface area contributed by atoms with E-state index in [2.05, 4.69) is 314 Å². The lowest BCUT2D eigenvalue weighted by Crippen LogP contribution is -2.28. The van der Waals surface area contributed by atoms with Crippen LogP contribution in [0.3, 0.4) is 0 Å². The summed E-state index contributed by atoms with van der Waals surface area (Å²) < 4.78 is 0. The van der Waals surface area contributed by atoms with Crippen LogP contribution in [0, 0.1) is 0 Å². The first-order valence-electron chi connectivity index (χ1n) is 26.1. The molecule has 1 heteroatoms. The summed E-state index contributed by atoms with van der Waals surface area (Å²) in [6.45, 7) is 0. The largest absolute Gasteiger partial charge is 0.310 e. The van der Waals surface area contributed by atoms with Gasteiger partial charge in [-0.1, -0.05) is 273 Å². The van der Waals surface area contributed by atoms with Crippen LogP contribution in [0.25, 0.3) is 55.6 Å². The molecule has 0 saturated heterocycles. The van der Waals surface area contributed by atoms with Gasteiger partial charge in [0.1, 0.15) is 0 Å². The maximum absolute atomic E-state index is 2.47. The molecule has 0 atom stereocenters. The smallest absolute Gasteiger partial charge is 0.0714 e. The summed E-state index contributed by atoms with van der Waals surface area (Å²) in [5, 5.41) is 0. The Bertz CT molecular complexity index is 3940. The molecule has 0 aliphatic heterocycles. The quantitative estimate of drug-likeness (QED) is 0.132. The van der Waals surface area contributed by atoms with Gasteiger partial charge in [-0.15, -0.1) is 0 Å².